The third-order valence-electron chi connectivity index (χ3n) is 1.92. The van der Waals surface area contributed by atoms with Crippen LogP contribution < -0.4 is 0 Å². The van der Waals surface area contributed by atoms with Crippen molar-refractivity contribution in [2.75, 3.05) is 0 Å². The van der Waals surface area contributed by atoms with Crippen LogP contribution in [0.5, 0.6) is 0 Å². The lowest BCUT2D eigenvalue weighted by molar-refractivity contribution is 0.111. The Balaban J connectivity index is 2.18. The molecule has 2 aromatic rings. The molecule has 0 N–H and O–H groups in total. The van der Waals surface area contributed by atoms with E-state index in [0.29, 0.717) is 18.5 Å². The number of rotatable bonds is 3. The molecule has 0 atom stereocenters. The van der Waals surface area contributed by atoms with Gasteiger partial charge in [0, 0.05) is 7.05 Å². The van der Waals surface area contributed by atoms with Gasteiger partial charge in [-0.3, -0.25) is 4.79 Å². The Bertz CT molecular complexity index is 444. The molecule has 0 saturated carbocycles. The first kappa shape index (κ1) is 8.61. The molecule has 0 spiro atoms. The second-order valence-corrected chi connectivity index (χ2v) is 2.95. The fraction of sp³-hybridized carbons (Fsp3) is 0.250. The number of carbonyl (C=O) groups is 1. The second-order valence-electron chi connectivity index (χ2n) is 2.95. The van der Waals surface area contributed by atoms with E-state index in [4.69, 9.17) is 0 Å². The van der Waals surface area contributed by atoms with Gasteiger partial charge in [0.05, 0.1) is 31.0 Å². The van der Waals surface area contributed by atoms with E-state index < -0.39 is 0 Å². The Morgan fingerprint density at radius 1 is 1.57 bits per heavy atom. The van der Waals surface area contributed by atoms with Gasteiger partial charge in [0.15, 0.2) is 6.29 Å². The Kier molecular flexibility index (Phi) is 2.10. The van der Waals surface area contributed by atoms with Gasteiger partial charge in [0.1, 0.15) is 5.69 Å². The first-order valence-corrected chi connectivity index (χ1v) is 4.10. The van der Waals surface area contributed by atoms with Gasteiger partial charge < -0.3 is 4.57 Å². The van der Waals surface area contributed by atoms with Crippen LogP contribution in [0.4, 0.5) is 0 Å². The summed E-state index contributed by atoms with van der Waals surface area (Å²) in [5.74, 6) is 0. The van der Waals surface area contributed by atoms with Gasteiger partial charge in [-0.2, -0.15) is 0 Å². The lowest BCUT2D eigenvalue weighted by atomic mass is 10.4. The standard InChI is InChI=1S/C8H9N5O/c1-12-6-9-2-8(12)4-13-3-7(5-14)10-11-13/h2-3,5-6H,4H2,1H3. The van der Waals surface area contributed by atoms with Gasteiger partial charge in [-0.1, -0.05) is 5.21 Å². The summed E-state index contributed by atoms with van der Waals surface area (Å²) in [5.41, 5.74) is 1.35. The van der Waals surface area contributed by atoms with Gasteiger partial charge in [0.2, 0.25) is 0 Å². The average molecular weight is 191 g/mol. The molecular formula is C8H9N5O. The van der Waals surface area contributed by atoms with E-state index in [9.17, 15) is 4.79 Å². The highest BCUT2D eigenvalue weighted by Gasteiger charge is 2.02. The minimum atomic E-state index is 0.340. The van der Waals surface area contributed by atoms with E-state index in [1.165, 1.54) is 0 Å². The third kappa shape index (κ3) is 1.54. The molecule has 2 heterocycles. The van der Waals surface area contributed by atoms with Crippen LogP contribution in [0, 0.1) is 0 Å². The molecule has 0 radical (unpaired) electrons. The largest absolute Gasteiger partial charge is 0.336 e. The van der Waals surface area contributed by atoms with Crippen LogP contribution in [0.3, 0.4) is 0 Å². The summed E-state index contributed by atoms with van der Waals surface area (Å²) in [6, 6.07) is 0. The zero-order valence-electron chi connectivity index (χ0n) is 7.66. The molecule has 6 nitrogen and oxygen atoms in total. The number of carbonyl (C=O) groups excluding carboxylic acids is 1. The number of aldehydes is 1. The predicted octanol–water partition coefficient (Wildman–Crippen LogP) is -0.128. The number of aromatic nitrogens is 5. The van der Waals surface area contributed by atoms with E-state index in [1.54, 1.807) is 23.4 Å². The van der Waals surface area contributed by atoms with Crippen molar-refractivity contribution in [3.05, 3.63) is 30.1 Å². The van der Waals surface area contributed by atoms with Crippen molar-refractivity contribution < 1.29 is 4.79 Å². The van der Waals surface area contributed by atoms with Crippen molar-refractivity contribution in [1.82, 2.24) is 24.5 Å². The van der Waals surface area contributed by atoms with E-state index in [1.807, 2.05) is 11.6 Å². The van der Waals surface area contributed by atoms with Crippen molar-refractivity contribution in [1.29, 1.82) is 0 Å². The molecule has 0 aromatic carbocycles. The third-order valence-corrected chi connectivity index (χ3v) is 1.92. The Hall–Kier alpha value is -1.98. The monoisotopic (exact) mass is 191 g/mol. The summed E-state index contributed by atoms with van der Waals surface area (Å²) in [6.07, 6.45) is 5.74. The van der Waals surface area contributed by atoms with E-state index in [0.717, 1.165) is 5.69 Å². The van der Waals surface area contributed by atoms with Gasteiger partial charge >= 0.3 is 0 Å². The molecule has 0 aliphatic carbocycles. The molecule has 0 fully saturated rings. The van der Waals surface area contributed by atoms with Crippen molar-refractivity contribution >= 4 is 6.29 Å². The predicted molar refractivity (Wildman–Crippen MR) is 47.7 cm³/mol. The van der Waals surface area contributed by atoms with E-state index in [-0.39, 0.29) is 0 Å². The average Bonchev–Trinajstić information content (AvgIpc) is 2.77. The highest BCUT2D eigenvalue weighted by atomic mass is 16.1. The van der Waals surface area contributed by atoms with Crippen LogP contribution in [-0.2, 0) is 13.6 Å². The molecule has 0 aliphatic rings. The van der Waals surface area contributed by atoms with Crippen LogP contribution in [0.25, 0.3) is 0 Å². The first-order chi connectivity index (χ1) is 6.79. The molecule has 72 valence electrons. The van der Waals surface area contributed by atoms with Gasteiger partial charge in [-0.25, -0.2) is 9.67 Å². The molecule has 0 aliphatic heterocycles. The summed E-state index contributed by atoms with van der Waals surface area (Å²) >= 11 is 0. The van der Waals surface area contributed by atoms with Crippen LogP contribution in [0.2, 0.25) is 0 Å². The quantitative estimate of drug-likeness (QED) is 0.634. The maximum Gasteiger partial charge on any atom is 0.171 e. The molecule has 14 heavy (non-hydrogen) atoms. The lowest BCUT2D eigenvalue weighted by Gasteiger charge is -2.00. The van der Waals surface area contributed by atoms with Gasteiger partial charge in [-0.15, -0.1) is 5.10 Å². The molecule has 0 bridgehead atoms. The van der Waals surface area contributed by atoms with Crippen molar-refractivity contribution in [2.24, 2.45) is 7.05 Å². The summed E-state index contributed by atoms with van der Waals surface area (Å²) in [6.45, 7) is 0.567. The molecule has 0 unspecified atom stereocenters. The number of aryl methyl sites for hydroxylation is 1. The first-order valence-electron chi connectivity index (χ1n) is 4.10. The lowest BCUT2D eigenvalue weighted by Crippen LogP contribution is -2.04. The van der Waals surface area contributed by atoms with Crippen molar-refractivity contribution in [2.45, 2.75) is 6.54 Å². The highest BCUT2D eigenvalue weighted by Crippen LogP contribution is 1.99. The summed E-state index contributed by atoms with van der Waals surface area (Å²) in [4.78, 5) is 14.3. The number of nitrogens with zero attached hydrogens (tertiary/aromatic N) is 5. The fourth-order valence-electron chi connectivity index (χ4n) is 1.15. The van der Waals surface area contributed by atoms with Crippen LogP contribution >= 0.6 is 0 Å². The fourth-order valence-corrected chi connectivity index (χ4v) is 1.15. The summed E-state index contributed by atoms with van der Waals surface area (Å²) < 4.78 is 3.49. The zero-order valence-corrected chi connectivity index (χ0v) is 7.66. The smallest absolute Gasteiger partial charge is 0.171 e. The zero-order chi connectivity index (χ0) is 9.97. The van der Waals surface area contributed by atoms with E-state index >= 15 is 0 Å². The number of imidazole rings is 1. The van der Waals surface area contributed by atoms with Gasteiger partial charge in [0.25, 0.3) is 0 Å². The Morgan fingerprint density at radius 2 is 2.43 bits per heavy atom. The summed E-state index contributed by atoms with van der Waals surface area (Å²) in [5, 5.41) is 7.46. The topological polar surface area (TPSA) is 65.6 Å². The molecule has 6 heteroatoms. The SMILES string of the molecule is Cn1cncc1Cn1cc(C=O)nn1. The van der Waals surface area contributed by atoms with Crippen LogP contribution in [0.1, 0.15) is 16.2 Å². The minimum Gasteiger partial charge on any atom is -0.336 e. The molecular weight excluding hydrogens is 182 g/mol. The Morgan fingerprint density at radius 3 is 3.00 bits per heavy atom. The molecule has 0 saturated heterocycles. The molecule has 2 aromatic heterocycles. The van der Waals surface area contributed by atoms with Crippen molar-refractivity contribution in [3.8, 4) is 0 Å². The maximum atomic E-state index is 10.4. The van der Waals surface area contributed by atoms with Gasteiger partial charge in [-0.05, 0) is 0 Å². The van der Waals surface area contributed by atoms with E-state index in [2.05, 4.69) is 15.3 Å². The Labute approximate surface area is 80.2 Å². The number of hydrogen-bond donors (Lipinski definition) is 0. The van der Waals surface area contributed by atoms with Crippen LogP contribution in [0.15, 0.2) is 18.7 Å². The van der Waals surface area contributed by atoms with Crippen LogP contribution in [-0.4, -0.2) is 30.8 Å². The summed E-state index contributed by atoms with van der Waals surface area (Å²) in [7, 11) is 1.90. The molecule has 2 rings (SSSR count). The normalized spacial score (nSPS) is 10.4. The molecule has 0 amide bonds. The minimum absolute atomic E-state index is 0.340. The second kappa shape index (κ2) is 3.41. The highest BCUT2D eigenvalue weighted by molar-refractivity contribution is 5.70. The van der Waals surface area contributed by atoms with Crippen molar-refractivity contribution in [3.63, 3.8) is 0 Å². The maximum absolute atomic E-state index is 10.4. The number of hydrogen-bond acceptors (Lipinski definition) is 4.